The highest BCUT2D eigenvalue weighted by atomic mass is 16.5. The van der Waals surface area contributed by atoms with Gasteiger partial charge in [-0.05, 0) is 111 Å². The van der Waals surface area contributed by atoms with Gasteiger partial charge in [0.25, 0.3) is 0 Å². The Labute approximate surface area is 198 Å². The second-order valence-electron chi connectivity index (χ2n) is 12.1. The number of fused-ring (bicyclic) bond motifs is 5. The number of rotatable bonds is 5. The van der Waals surface area contributed by atoms with Gasteiger partial charge in [0.1, 0.15) is 14.4 Å². The quantitative estimate of drug-likeness (QED) is 0.688. The number of hydrogen-bond acceptors (Lipinski definition) is 6. The van der Waals surface area contributed by atoms with Gasteiger partial charge in [-0.1, -0.05) is 6.92 Å². The smallest absolute Gasteiger partial charge is 0.171 e. The van der Waals surface area contributed by atoms with Crippen LogP contribution in [0.3, 0.4) is 0 Å². The first-order valence-corrected chi connectivity index (χ1v) is 12.9. The fourth-order valence-electron chi connectivity index (χ4n) is 9.10. The minimum absolute atomic E-state index is 0.0270. The van der Waals surface area contributed by atoms with Gasteiger partial charge in [0, 0.05) is 19.0 Å². The molecule has 5 rings (SSSR count). The maximum absolute atomic E-state index is 13.4. The zero-order valence-corrected chi connectivity index (χ0v) is 20.7. The molecule has 4 fully saturated rings. The molecule has 180 valence electrons. The summed E-state index contributed by atoms with van der Waals surface area (Å²) in [5.41, 5.74) is -0.638. The fraction of sp³-hybridized carbons (Fsp3) is 0.920. The van der Waals surface area contributed by atoms with Crippen molar-refractivity contribution < 1.29 is 14.6 Å². The van der Waals surface area contributed by atoms with Crippen LogP contribution in [-0.2, 0) is 16.1 Å². The minimum atomic E-state index is -0.601. The van der Waals surface area contributed by atoms with E-state index in [1.807, 2.05) is 6.92 Å². The largest absolute Gasteiger partial charge is 0.391 e. The first-order valence-electron chi connectivity index (χ1n) is 12.9. The molecule has 0 spiro atoms. The summed E-state index contributed by atoms with van der Waals surface area (Å²) in [6.07, 6.45) is 9.03. The van der Waals surface area contributed by atoms with Crippen LogP contribution in [0.4, 0.5) is 0 Å². The average molecular weight is 454 g/mol. The number of aryl methyl sites for hydroxylation is 1. The van der Waals surface area contributed by atoms with Crippen molar-refractivity contribution in [2.24, 2.45) is 40.4 Å². The number of nitrogens with zero attached hydrogens (tertiary/aromatic N) is 4. The van der Waals surface area contributed by atoms with Crippen LogP contribution >= 0.6 is 0 Å². The lowest BCUT2D eigenvalue weighted by Crippen LogP contribution is -2.61. The first kappa shape index (κ1) is 23.5. The van der Waals surface area contributed by atoms with Crippen molar-refractivity contribution in [1.29, 1.82) is 0 Å². The Morgan fingerprint density at radius 1 is 1.18 bits per heavy atom. The number of ketones is 1. The molecule has 0 aliphatic heterocycles. The predicted molar refractivity (Wildman–Crippen MR) is 124 cm³/mol. The van der Waals surface area contributed by atoms with Gasteiger partial charge >= 0.3 is 0 Å². The number of carbonyl (C=O) groups excluding carboxylic acids is 1. The summed E-state index contributed by atoms with van der Waals surface area (Å²) < 4.78 is 5.85. The Morgan fingerprint density at radius 2 is 1.97 bits per heavy atom. The molecule has 9 atom stereocenters. The Kier molecular flexibility index (Phi) is 5.79. The van der Waals surface area contributed by atoms with Crippen molar-refractivity contribution in [2.75, 3.05) is 7.11 Å². The van der Waals surface area contributed by atoms with Gasteiger partial charge in [-0.2, -0.15) is 4.80 Å². The van der Waals surface area contributed by atoms with E-state index in [9.17, 15) is 9.90 Å². The van der Waals surface area contributed by atoms with Gasteiger partial charge in [-0.3, -0.25) is 4.79 Å². The van der Waals surface area contributed by atoms with E-state index in [1.54, 1.807) is 14.0 Å². The molecule has 1 heterocycles. The summed E-state index contributed by atoms with van der Waals surface area (Å²) in [5, 5.41) is 23.0. The van der Waals surface area contributed by atoms with E-state index in [0.29, 0.717) is 29.5 Å². The normalized spacial score (nSPS) is 45.7. The van der Waals surface area contributed by atoms with Crippen LogP contribution < -0.4 is 0 Å². The monoisotopic (exact) mass is 454 g/mol. The lowest BCUT2D eigenvalue weighted by atomic mass is 9.40. The highest BCUT2D eigenvalue weighted by molar-refractivity contribution is 6.11. The first-order chi connectivity index (χ1) is 15.6. The molecule has 4 aliphatic carbocycles. The molecular formula is C25H39BN4O3. The van der Waals surface area contributed by atoms with Crippen LogP contribution in [-0.4, -0.2) is 57.7 Å². The van der Waals surface area contributed by atoms with Crippen molar-refractivity contribution in [3.05, 3.63) is 5.82 Å². The Balaban J connectivity index is 1.40. The lowest BCUT2D eigenvalue weighted by molar-refractivity contribution is -0.185. The zero-order valence-electron chi connectivity index (χ0n) is 20.7. The molecule has 1 aromatic rings. The van der Waals surface area contributed by atoms with Crippen LogP contribution in [0, 0.1) is 47.3 Å². The summed E-state index contributed by atoms with van der Waals surface area (Å²) in [6.45, 7) is 6.36. The van der Waals surface area contributed by atoms with Crippen molar-refractivity contribution in [3.8, 4) is 0 Å². The Hall–Kier alpha value is -1.28. The number of carbonyl (C=O) groups is 1. The van der Waals surface area contributed by atoms with Crippen molar-refractivity contribution in [1.82, 2.24) is 20.2 Å². The topological polar surface area (TPSA) is 90.1 Å². The Morgan fingerprint density at radius 3 is 2.67 bits per heavy atom. The van der Waals surface area contributed by atoms with E-state index >= 15 is 0 Å². The summed E-state index contributed by atoms with van der Waals surface area (Å²) in [4.78, 5) is 14.8. The van der Waals surface area contributed by atoms with E-state index in [-0.39, 0.29) is 35.1 Å². The van der Waals surface area contributed by atoms with Crippen LogP contribution in [0.2, 0.25) is 0 Å². The lowest BCUT2D eigenvalue weighted by Gasteiger charge is -2.64. The molecule has 7 nitrogen and oxygen atoms in total. The second kappa shape index (κ2) is 8.15. The van der Waals surface area contributed by atoms with Gasteiger partial charge in [0.2, 0.25) is 0 Å². The number of aromatic nitrogens is 4. The van der Waals surface area contributed by atoms with Crippen LogP contribution in [0.15, 0.2) is 0 Å². The number of methoxy groups -OCH3 is 1. The molecule has 33 heavy (non-hydrogen) atoms. The third-order valence-corrected chi connectivity index (χ3v) is 10.5. The molecule has 4 aliphatic rings. The SMILES string of the molecule is [B][C@H](OC)C12CC[C@@](C)(O)C[C@H]1CC[C@@H]1[C@@H]2CC[C@]2(C)[C@@H](C(=O)Cn3nnc(C)n3)CC[C@@H]12. The van der Waals surface area contributed by atoms with E-state index in [1.165, 1.54) is 11.2 Å². The third-order valence-electron chi connectivity index (χ3n) is 10.5. The third kappa shape index (κ3) is 3.62. The van der Waals surface area contributed by atoms with Crippen LogP contribution in [0.5, 0.6) is 0 Å². The number of Topliss-reactive ketones (excluding diaryl/α,β-unsaturated/α-hetero) is 1. The van der Waals surface area contributed by atoms with Crippen molar-refractivity contribution in [3.63, 3.8) is 0 Å². The zero-order chi connectivity index (χ0) is 23.6. The highest BCUT2D eigenvalue weighted by Gasteiger charge is 2.64. The van der Waals surface area contributed by atoms with E-state index in [4.69, 9.17) is 12.6 Å². The van der Waals surface area contributed by atoms with Gasteiger partial charge in [0.05, 0.1) is 5.60 Å². The average Bonchev–Trinajstić information content (AvgIpc) is 3.34. The molecule has 0 saturated heterocycles. The van der Waals surface area contributed by atoms with Gasteiger partial charge < -0.3 is 9.84 Å². The summed E-state index contributed by atoms with van der Waals surface area (Å²) in [5.74, 6) is 2.94. The maximum atomic E-state index is 13.4. The number of hydrogen-bond donors (Lipinski definition) is 1. The molecule has 1 unspecified atom stereocenters. The summed E-state index contributed by atoms with van der Waals surface area (Å²) >= 11 is 0. The van der Waals surface area contributed by atoms with E-state index in [0.717, 1.165) is 51.4 Å². The molecule has 1 N–H and O–H groups in total. The summed E-state index contributed by atoms with van der Waals surface area (Å²) in [6, 6.07) is -0.295. The molecule has 0 bridgehead atoms. The predicted octanol–water partition coefficient (Wildman–Crippen LogP) is 3.08. The van der Waals surface area contributed by atoms with Gasteiger partial charge in [-0.15, -0.1) is 10.2 Å². The van der Waals surface area contributed by atoms with E-state index < -0.39 is 5.60 Å². The molecule has 1 aromatic heterocycles. The van der Waals surface area contributed by atoms with E-state index in [2.05, 4.69) is 22.3 Å². The summed E-state index contributed by atoms with van der Waals surface area (Å²) in [7, 11) is 8.48. The highest BCUT2D eigenvalue weighted by Crippen LogP contribution is 2.69. The maximum Gasteiger partial charge on any atom is 0.171 e. The van der Waals surface area contributed by atoms with Crippen molar-refractivity contribution >= 4 is 13.6 Å². The molecule has 8 heteroatoms. The minimum Gasteiger partial charge on any atom is -0.391 e. The molecule has 0 amide bonds. The number of tetrazole rings is 1. The Bertz CT molecular complexity index is 906. The second-order valence-corrected chi connectivity index (χ2v) is 12.1. The van der Waals surface area contributed by atoms with Crippen LogP contribution in [0.25, 0.3) is 0 Å². The number of aliphatic hydroxyl groups is 1. The van der Waals surface area contributed by atoms with Crippen molar-refractivity contribution in [2.45, 2.75) is 96.7 Å². The fourth-order valence-corrected chi connectivity index (χ4v) is 9.10. The molecule has 0 aromatic carbocycles. The van der Waals surface area contributed by atoms with Gasteiger partial charge in [0.15, 0.2) is 11.6 Å². The standard InChI is InChI=1S/C25H39BN4O3/c1-15-27-29-30(28-15)14-21(31)20-8-7-18-17-6-5-16-13-23(2,32)11-12-25(16,22(26)33-4)19(17)9-10-24(18,20)3/h16-20,22,32H,5-14H2,1-4H3/t16-,17+,18+,19+,20-,22-,23-,24+,25?/m1/s1. The molecular weight excluding hydrogens is 415 g/mol. The number of ether oxygens (including phenoxy) is 1. The molecule has 2 radical (unpaired) electrons. The van der Waals surface area contributed by atoms with Gasteiger partial charge in [-0.25, -0.2) is 0 Å². The van der Waals surface area contributed by atoms with Crippen LogP contribution in [0.1, 0.15) is 77.5 Å². The molecule has 4 saturated carbocycles.